The van der Waals surface area contributed by atoms with Crippen LogP contribution in [0.3, 0.4) is 0 Å². The van der Waals surface area contributed by atoms with Gasteiger partial charge in [-0.15, -0.1) is 0 Å². The second kappa shape index (κ2) is 4.93. The molecular weight excluding hydrogens is 248 g/mol. The third kappa shape index (κ3) is 2.01. The molecule has 0 amide bonds. The maximum atomic E-state index is 12.6. The van der Waals surface area contributed by atoms with Gasteiger partial charge in [0.1, 0.15) is 5.52 Å². The molecule has 0 saturated carbocycles. The molecule has 1 heterocycles. The van der Waals surface area contributed by atoms with E-state index in [0.717, 1.165) is 21.4 Å². The summed E-state index contributed by atoms with van der Waals surface area (Å²) in [4.78, 5) is 4.62. The summed E-state index contributed by atoms with van der Waals surface area (Å²) in [5, 5.41) is 13.5. The largest absolute Gasteiger partial charge is 0.710 e. The lowest BCUT2D eigenvalue weighted by Crippen LogP contribution is -2.32. The normalized spacial score (nSPS) is 11.2. The van der Waals surface area contributed by atoms with Crippen molar-refractivity contribution in [2.24, 2.45) is 0 Å². The molecule has 0 bridgehead atoms. The van der Waals surface area contributed by atoms with Crippen molar-refractivity contribution < 1.29 is 4.73 Å². The molecule has 1 aromatic heterocycles. The Hall–Kier alpha value is -2.42. The van der Waals surface area contributed by atoms with Crippen molar-refractivity contribution in [3.63, 3.8) is 0 Å². The van der Waals surface area contributed by atoms with Crippen LogP contribution >= 0.6 is 0 Å². The molecule has 100 valence electrons. The van der Waals surface area contributed by atoms with E-state index in [4.69, 9.17) is 0 Å². The van der Waals surface area contributed by atoms with Crippen LogP contribution < -0.4 is 4.73 Å². The third-order valence-corrected chi connectivity index (χ3v) is 3.40. The SMILES string of the molecule is CC(C)c1nc(-c2ccccc2)[n+]([O-])c2ccccc12. The van der Waals surface area contributed by atoms with Crippen LogP contribution in [0.5, 0.6) is 0 Å². The van der Waals surface area contributed by atoms with Crippen LogP contribution in [-0.4, -0.2) is 4.98 Å². The van der Waals surface area contributed by atoms with E-state index in [0.29, 0.717) is 11.3 Å². The van der Waals surface area contributed by atoms with E-state index in [2.05, 4.69) is 18.8 Å². The first-order valence-corrected chi connectivity index (χ1v) is 6.76. The van der Waals surface area contributed by atoms with Gasteiger partial charge in [-0.1, -0.05) is 44.2 Å². The molecule has 3 rings (SSSR count). The molecular formula is C17H16N2O. The molecule has 0 aliphatic heterocycles. The minimum Gasteiger partial charge on any atom is -0.710 e. The van der Waals surface area contributed by atoms with Crippen molar-refractivity contribution in [3.05, 3.63) is 65.5 Å². The zero-order valence-electron chi connectivity index (χ0n) is 11.6. The summed E-state index contributed by atoms with van der Waals surface area (Å²) in [6.45, 7) is 4.19. The Balaban J connectivity index is 2.37. The Morgan fingerprint density at radius 3 is 2.30 bits per heavy atom. The van der Waals surface area contributed by atoms with Gasteiger partial charge in [-0.3, -0.25) is 0 Å². The summed E-state index contributed by atoms with van der Waals surface area (Å²) in [6.07, 6.45) is 0. The third-order valence-electron chi connectivity index (χ3n) is 3.40. The number of para-hydroxylation sites is 1. The van der Waals surface area contributed by atoms with E-state index in [-0.39, 0.29) is 5.92 Å². The lowest BCUT2D eigenvalue weighted by Gasteiger charge is -2.13. The highest BCUT2D eigenvalue weighted by molar-refractivity contribution is 5.79. The highest BCUT2D eigenvalue weighted by Crippen LogP contribution is 2.24. The number of hydrogen-bond acceptors (Lipinski definition) is 2. The topological polar surface area (TPSA) is 39.8 Å². The number of hydrogen-bond donors (Lipinski definition) is 0. The van der Waals surface area contributed by atoms with Gasteiger partial charge in [-0.2, -0.15) is 0 Å². The monoisotopic (exact) mass is 264 g/mol. The summed E-state index contributed by atoms with van der Waals surface area (Å²) in [6, 6.07) is 17.2. The molecule has 0 aliphatic carbocycles. The van der Waals surface area contributed by atoms with Crippen LogP contribution in [-0.2, 0) is 0 Å². The van der Waals surface area contributed by atoms with E-state index >= 15 is 0 Å². The maximum Gasteiger partial charge on any atom is 0.334 e. The molecule has 20 heavy (non-hydrogen) atoms. The Kier molecular flexibility index (Phi) is 3.11. The average molecular weight is 264 g/mol. The minimum atomic E-state index is 0.267. The lowest BCUT2D eigenvalue weighted by atomic mass is 10.0. The fraction of sp³-hybridized carbons (Fsp3) is 0.176. The van der Waals surface area contributed by atoms with Gasteiger partial charge in [0.2, 0.25) is 0 Å². The summed E-state index contributed by atoms with van der Waals surface area (Å²) < 4.78 is 0.927. The van der Waals surface area contributed by atoms with E-state index < -0.39 is 0 Å². The van der Waals surface area contributed by atoms with Crippen molar-refractivity contribution in [2.45, 2.75) is 19.8 Å². The second-order valence-corrected chi connectivity index (χ2v) is 5.15. The summed E-state index contributed by atoms with van der Waals surface area (Å²) in [7, 11) is 0. The first kappa shape index (κ1) is 12.6. The molecule has 0 N–H and O–H groups in total. The standard InChI is InChI=1S/C17H16N2O/c1-12(2)16-14-10-6-7-11-15(14)19(20)17(18-16)13-8-4-3-5-9-13/h3-12H,1-2H3. The van der Waals surface area contributed by atoms with Crippen LogP contribution in [0.1, 0.15) is 25.5 Å². The van der Waals surface area contributed by atoms with Gasteiger partial charge in [0.15, 0.2) is 5.69 Å². The van der Waals surface area contributed by atoms with Crippen molar-refractivity contribution in [3.8, 4) is 11.4 Å². The Morgan fingerprint density at radius 2 is 1.60 bits per heavy atom. The van der Waals surface area contributed by atoms with Gasteiger partial charge in [0.25, 0.3) is 0 Å². The number of aromatic nitrogens is 2. The van der Waals surface area contributed by atoms with E-state index in [9.17, 15) is 5.21 Å². The van der Waals surface area contributed by atoms with E-state index in [1.807, 2.05) is 54.6 Å². The van der Waals surface area contributed by atoms with E-state index in [1.165, 1.54) is 0 Å². The smallest absolute Gasteiger partial charge is 0.334 e. The van der Waals surface area contributed by atoms with Crippen LogP contribution in [0.25, 0.3) is 22.3 Å². The first-order chi connectivity index (χ1) is 9.68. The van der Waals surface area contributed by atoms with Crippen LogP contribution in [0.2, 0.25) is 0 Å². The minimum absolute atomic E-state index is 0.267. The number of rotatable bonds is 2. The predicted octanol–water partition coefficient (Wildman–Crippen LogP) is 3.66. The summed E-state index contributed by atoms with van der Waals surface area (Å²) in [5.41, 5.74) is 2.48. The zero-order valence-corrected chi connectivity index (χ0v) is 11.6. The molecule has 0 unspecified atom stereocenters. The molecule has 0 spiro atoms. The van der Waals surface area contributed by atoms with Crippen LogP contribution in [0, 0.1) is 5.21 Å². The Labute approximate surface area is 118 Å². The second-order valence-electron chi connectivity index (χ2n) is 5.15. The molecule has 0 fully saturated rings. The van der Waals surface area contributed by atoms with Gasteiger partial charge >= 0.3 is 5.82 Å². The molecule has 0 aliphatic rings. The molecule has 0 radical (unpaired) electrons. The van der Waals surface area contributed by atoms with Crippen molar-refractivity contribution in [2.75, 3.05) is 0 Å². The molecule has 3 nitrogen and oxygen atoms in total. The van der Waals surface area contributed by atoms with Gasteiger partial charge in [-0.25, -0.2) is 4.73 Å². The van der Waals surface area contributed by atoms with Crippen molar-refractivity contribution >= 4 is 10.9 Å². The highest BCUT2D eigenvalue weighted by atomic mass is 16.5. The number of fused-ring (bicyclic) bond motifs is 1. The average Bonchev–Trinajstić information content (AvgIpc) is 2.48. The molecule has 0 atom stereocenters. The maximum absolute atomic E-state index is 12.6. The summed E-state index contributed by atoms with van der Waals surface area (Å²) >= 11 is 0. The molecule has 3 heteroatoms. The van der Waals surface area contributed by atoms with Crippen molar-refractivity contribution in [1.29, 1.82) is 0 Å². The van der Waals surface area contributed by atoms with Crippen LogP contribution in [0.15, 0.2) is 54.6 Å². The number of nitrogens with zero attached hydrogens (tertiary/aromatic N) is 2. The fourth-order valence-corrected chi connectivity index (χ4v) is 2.41. The lowest BCUT2D eigenvalue weighted by molar-refractivity contribution is -0.568. The molecule has 2 aromatic carbocycles. The quantitative estimate of drug-likeness (QED) is 0.523. The van der Waals surface area contributed by atoms with Gasteiger partial charge in [0.05, 0.1) is 10.9 Å². The van der Waals surface area contributed by atoms with E-state index in [1.54, 1.807) is 0 Å². The Bertz CT molecular complexity index is 752. The highest BCUT2D eigenvalue weighted by Gasteiger charge is 2.21. The van der Waals surface area contributed by atoms with Crippen molar-refractivity contribution in [1.82, 2.24) is 4.98 Å². The fourth-order valence-electron chi connectivity index (χ4n) is 2.41. The molecule has 3 aromatic rings. The molecule has 0 saturated heterocycles. The summed E-state index contributed by atoms with van der Waals surface area (Å²) in [5.74, 6) is 0.733. The van der Waals surface area contributed by atoms with Crippen LogP contribution in [0.4, 0.5) is 0 Å². The zero-order chi connectivity index (χ0) is 14.1. The Morgan fingerprint density at radius 1 is 0.950 bits per heavy atom. The van der Waals surface area contributed by atoms with Gasteiger partial charge < -0.3 is 5.21 Å². The predicted molar refractivity (Wildman–Crippen MR) is 80.2 cm³/mol. The van der Waals surface area contributed by atoms with Gasteiger partial charge in [-0.05, 0) is 29.2 Å². The van der Waals surface area contributed by atoms with Gasteiger partial charge in [0, 0.05) is 5.92 Å². The number of benzene rings is 2. The first-order valence-electron chi connectivity index (χ1n) is 6.76.